The smallest absolute Gasteiger partial charge is 0.255 e. The van der Waals surface area contributed by atoms with Crippen LogP contribution in [0, 0.1) is 6.92 Å². The summed E-state index contributed by atoms with van der Waals surface area (Å²) < 4.78 is 5.42. The van der Waals surface area contributed by atoms with E-state index in [-0.39, 0.29) is 11.3 Å². The molecule has 0 radical (unpaired) electrons. The summed E-state index contributed by atoms with van der Waals surface area (Å²) in [4.78, 5) is 24.0. The lowest BCUT2D eigenvalue weighted by Crippen LogP contribution is -2.37. The molecule has 1 saturated heterocycles. The van der Waals surface area contributed by atoms with Crippen molar-refractivity contribution >= 4 is 29.0 Å². The SMILES string of the molecule is Cc1cc(Nc2ccc(NC(=O)c3ccc(C(C)(C)C)cc3)cc2)nc(N2CCOCC2)n1. The van der Waals surface area contributed by atoms with Crippen LogP contribution in [0.2, 0.25) is 0 Å². The maximum absolute atomic E-state index is 12.6. The van der Waals surface area contributed by atoms with Crippen molar-refractivity contribution in [2.24, 2.45) is 0 Å². The summed E-state index contributed by atoms with van der Waals surface area (Å²) >= 11 is 0. The largest absolute Gasteiger partial charge is 0.378 e. The molecule has 1 fully saturated rings. The second-order valence-corrected chi connectivity index (χ2v) is 9.28. The molecule has 0 aliphatic carbocycles. The van der Waals surface area contributed by atoms with E-state index in [4.69, 9.17) is 4.74 Å². The molecule has 1 aliphatic heterocycles. The minimum absolute atomic E-state index is 0.0585. The number of hydrogen-bond donors (Lipinski definition) is 2. The van der Waals surface area contributed by atoms with E-state index in [1.807, 2.05) is 61.5 Å². The zero-order valence-corrected chi connectivity index (χ0v) is 19.7. The van der Waals surface area contributed by atoms with Gasteiger partial charge in [-0.05, 0) is 54.3 Å². The van der Waals surface area contributed by atoms with Crippen LogP contribution in [-0.4, -0.2) is 42.2 Å². The number of nitrogens with zero attached hydrogens (tertiary/aromatic N) is 3. The predicted octanol–water partition coefficient (Wildman–Crippen LogP) is 4.92. The molecule has 2 aromatic carbocycles. The fourth-order valence-electron chi connectivity index (χ4n) is 3.63. The van der Waals surface area contributed by atoms with Gasteiger partial charge < -0.3 is 20.3 Å². The number of carbonyl (C=O) groups is 1. The molecule has 33 heavy (non-hydrogen) atoms. The molecule has 7 heteroatoms. The number of anilines is 4. The van der Waals surface area contributed by atoms with E-state index < -0.39 is 0 Å². The Balaban J connectivity index is 1.40. The molecular formula is C26H31N5O2. The minimum atomic E-state index is -0.127. The summed E-state index contributed by atoms with van der Waals surface area (Å²) in [6.45, 7) is 11.4. The molecule has 1 aromatic heterocycles. The Kier molecular flexibility index (Phi) is 6.60. The molecule has 7 nitrogen and oxygen atoms in total. The van der Waals surface area contributed by atoms with Crippen molar-refractivity contribution < 1.29 is 9.53 Å². The van der Waals surface area contributed by atoms with E-state index in [9.17, 15) is 4.79 Å². The highest BCUT2D eigenvalue weighted by molar-refractivity contribution is 6.04. The van der Waals surface area contributed by atoms with E-state index in [0.717, 1.165) is 36.0 Å². The number of aromatic nitrogens is 2. The highest BCUT2D eigenvalue weighted by atomic mass is 16.5. The average Bonchev–Trinajstić information content (AvgIpc) is 2.80. The quantitative estimate of drug-likeness (QED) is 0.581. The third-order valence-electron chi connectivity index (χ3n) is 5.56. The van der Waals surface area contributed by atoms with Gasteiger partial charge in [-0.25, -0.2) is 4.98 Å². The summed E-state index contributed by atoms with van der Waals surface area (Å²) in [5, 5.41) is 6.29. The summed E-state index contributed by atoms with van der Waals surface area (Å²) in [5.74, 6) is 1.32. The molecule has 0 atom stereocenters. The minimum Gasteiger partial charge on any atom is -0.378 e. The maximum Gasteiger partial charge on any atom is 0.255 e. The fourth-order valence-corrected chi connectivity index (χ4v) is 3.63. The summed E-state index contributed by atoms with van der Waals surface area (Å²) in [5.41, 5.74) is 4.41. The maximum atomic E-state index is 12.6. The van der Waals surface area contributed by atoms with E-state index in [2.05, 4.69) is 46.3 Å². The van der Waals surface area contributed by atoms with Gasteiger partial charge >= 0.3 is 0 Å². The molecule has 4 rings (SSSR count). The van der Waals surface area contributed by atoms with Gasteiger partial charge in [0.1, 0.15) is 5.82 Å². The number of morpholine rings is 1. The van der Waals surface area contributed by atoms with Crippen LogP contribution in [-0.2, 0) is 10.2 Å². The van der Waals surface area contributed by atoms with E-state index in [1.165, 1.54) is 5.56 Å². The van der Waals surface area contributed by atoms with Gasteiger partial charge in [-0.3, -0.25) is 4.79 Å². The van der Waals surface area contributed by atoms with Gasteiger partial charge in [-0.1, -0.05) is 32.9 Å². The van der Waals surface area contributed by atoms with E-state index in [0.29, 0.717) is 24.7 Å². The molecule has 1 amide bonds. The van der Waals surface area contributed by atoms with Gasteiger partial charge in [0.25, 0.3) is 5.91 Å². The van der Waals surface area contributed by atoms with Crippen molar-refractivity contribution in [3.63, 3.8) is 0 Å². The second kappa shape index (κ2) is 9.58. The molecule has 2 heterocycles. The standard InChI is InChI=1S/C26H31N5O2/c1-18-17-23(30-25(27-18)31-13-15-33-16-14-31)28-21-9-11-22(12-10-21)29-24(32)19-5-7-20(8-6-19)26(2,3)4/h5-12,17H,13-16H2,1-4H3,(H,29,32)(H,27,28,30). The number of ether oxygens (including phenoxy) is 1. The number of nitrogens with one attached hydrogen (secondary N) is 2. The van der Waals surface area contributed by atoms with Crippen molar-refractivity contribution in [2.75, 3.05) is 41.8 Å². The van der Waals surface area contributed by atoms with Crippen LogP contribution in [0.1, 0.15) is 42.4 Å². The molecule has 3 aromatic rings. The third-order valence-corrected chi connectivity index (χ3v) is 5.56. The number of amides is 1. The Morgan fingerprint density at radius 1 is 0.939 bits per heavy atom. The Labute approximate surface area is 195 Å². The lowest BCUT2D eigenvalue weighted by atomic mass is 9.87. The molecule has 0 saturated carbocycles. The number of benzene rings is 2. The van der Waals surface area contributed by atoms with Gasteiger partial charge in [-0.15, -0.1) is 0 Å². The van der Waals surface area contributed by atoms with Crippen LogP contribution in [0.3, 0.4) is 0 Å². The fraction of sp³-hybridized carbons (Fsp3) is 0.346. The zero-order chi connectivity index (χ0) is 23.4. The van der Waals surface area contributed by atoms with Crippen molar-refractivity contribution in [2.45, 2.75) is 33.1 Å². The first-order valence-corrected chi connectivity index (χ1v) is 11.3. The van der Waals surface area contributed by atoms with Gasteiger partial charge in [0.2, 0.25) is 5.95 Å². The summed E-state index contributed by atoms with van der Waals surface area (Å²) in [6, 6.07) is 17.3. The molecule has 0 bridgehead atoms. The van der Waals surface area contributed by atoms with E-state index in [1.54, 1.807) is 0 Å². The number of rotatable bonds is 5. The molecular weight excluding hydrogens is 414 g/mol. The number of hydrogen-bond acceptors (Lipinski definition) is 6. The molecule has 172 valence electrons. The van der Waals surface area contributed by atoms with Crippen molar-refractivity contribution in [3.05, 3.63) is 71.4 Å². The van der Waals surface area contributed by atoms with Gasteiger partial charge in [0.05, 0.1) is 13.2 Å². The van der Waals surface area contributed by atoms with Gasteiger partial charge in [0.15, 0.2) is 0 Å². The predicted molar refractivity (Wildman–Crippen MR) is 133 cm³/mol. The Morgan fingerprint density at radius 3 is 2.21 bits per heavy atom. The number of aryl methyl sites for hydroxylation is 1. The highest BCUT2D eigenvalue weighted by Crippen LogP contribution is 2.23. The molecule has 0 spiro atoms. The first-order chi connectivity index (χ1) is 15.8. The molecule has 2 N–H and O–H groups in total. The van der Waals surface area contributed by atoms with E-state index >= 15 is 0 Å². The van der Waals surface area contributed by atoms with Crippen LogP contribution in [0.5, 0.6) is 0 Å². The van der Waals surface area contributed by atoms with Crippen LogP contribution in [0.15, 0.2) is 54.6 Å². The Hall–Kier alpha value is -3.45. The van der Waals surface area contributed by atoms with Crippen LogP contribution in [0.25, 0.3) is 0 Å². The number of carbonyl (C=O) groups excluding carboxylic acids is 1. The third kappa shape index (κ3) is 5.87. The van der Waals surface area contributed by atoms with Crippen molar-refractivity contribution in [1.29, 1.82) is 0 Å². The van der Waals surface area contributed by atoms with Gasteiger partial charge in [-0.2, -0.15) is 4.98 Å². The first-order valence-electron chi connectivity index (χ1n) is 11.3. The normalized spacial score (nSPS) is 14.1. The highest BCUT2D eigenvalue weighted by Gasteiger charge is 2.16. The van der Waals surface area contributed by atoms with Crippen LogP contribution < -0.4 is 15.5 Å². The first kappa shape index (κ1) is 22.7. The van der Waals surface area contributed by atoms with Gasteiger partial charge in [0, 0.05) is 41.8 Å². The van der Waals surface area contributed by atoms with Crippen molar-refractivity contribution in [3.8, 4) is 0 Å². The lowest BCUT2D eigenvalue weighted by Gasteiger charge is -2.27. The van der Waals surface area contributed by atoms with Crippen molar-refractivity contribution in [1.82, 2.24) is 9.97 Å². The monoisotopic (exact) mass is 445 g/mol. The van der Waals surface area contributed by atoms with Crippen LogP contribution in [0.4, 0.5) is 23.1 Å². The zero-order valence-electron chi connectivity index (χ0n) is 19.7. The summed E-state index contributed by atoms with van der Waals surface area (Å²) in [6.07, 6.45) is 0. The van der Waals surface area contributed by atoms with Crippen LogP contribution >= 0.6 is 0 Å². The average molecular weight is 446 g/mol. The lowest BCUT2D eigenvalue weighted by molar-refractivity contribution is 0.102. The molecule has 0 unspecified atom stereocenters. The second-order valence-electron chi connectivity index (χ2n) is 9.28. The summed E-state index contributed by atoms with van der Waals surface area (Å²) in [7, 11) is 0. The molecule has 1 aliphatic rings. The Morgan fingerprint density at radius 2 is 1.58 bits per heavy atom. The topological polar surface area (TPSA) is 79.4 Å². The Bertz CT molecular complexity index is 1100.